The van der Waals surface area contributed by atoms with Crippen LogP contribution in [0.15, 0.2) is 24.3 Å². The first-order valence-corrected chi connectivity index (χ1v) is 5.69. The quantitative estimate of drug-likeness (QED) is 0.758. The summed E-state index contributed by atoms with van der Waals surface area (Å²) >= 11 is 0. The molecule has 16 heavy (non-hydrogen) atoms. The highest BCUT2D eigenvalue weighted by Crippen LogP contribution is 2.12. The number of aliphatic hydroxyl groups is 1. The van der Waals surface area contributed by atoms with E-state index in [0.29, 0.717) is 0 Å². The zero-order chi connectivity index (χ0) is 12.0. The molecule has 0 bridgehead atoms. The van der Waals surface area contributed by atoms with Crippen LogP contribution in [0.5, 0.6) is 0 Å². The van der Waals surface area contributed by atoms with Crippen molar-refractivity contribution in [1.82, 2.24) is 10.2 Å². The van der Waals surface area contributed by atoms with Gasteiger partial charge >= 0.3 is 0 Å². The lowest BCUT2D eigenvalue weighted by Crippen LogP contribution is -2.31. The van der Waals surface area contributed by atoms with Crippen LogP contribution in [0.1, 0.15) is 17.2 Å². The van der Waals surface area contributed by atoms with Crippen LogP contribution in [0.2, 0.25) is 0 Å². The Bertz CT molecular complexity index is 295. The lowest BCUT2D eigenvalue weighted by molar-refractivity contribution is 0.240. The Kier molecular flexibility index (Phi) is 5.46. The zero-order valence-corrected chi connectivity index (χ0v) is 10.4. The van der Waals surface area contributed by atoms with Crippen LogP contribution in [0.3, 0.4) is 0 Å². The molecule has 3 heteroatoms. The molecule has 0 saturated carbocycles. The number of benzene rings is 1. The van der Waals surface area contributed by atoms with Crippen molar-refractivity contribution in [3.05, 3.63) is 35.4 Å². The molecule has 1 atom stereocenters. The van der Waals surface area contributed by atoms with E-state index in [1.807, 2.05) is 14.1 Å². The lowest BCUT2D eigenvalue weighted by atomic mass is 10.1. The van der Waals surface area contributed by atoms with Gasteiger partial charge in [-0.2, -0.15) is 0 Å². The number of hydrogen-bond acceptors (Lipinski definition) is 3. The standard InChI is InChI=1S/C13H22N2O/c1-11-4-6-12(7-5-11)13(10-16)14-8-9-15(2)3/h4-7,13-14,16H,8-10H2,1-3H3. The van der Waals surface area contributed by atoms with Crippen LogP contribution in [-0.2, 0) is 0 Å². The molecule has 1 unspecified atom stereocenters. The molecule has 0 saturated heterocycles. The first-order valence-electron chi connectivity index (χ1n) is 5.69. The Morgan fingerprint density at radius 3 is 2.38 bits per heavy atom. The van der Waals surface area contributed by atoms with Gasteiger partial charge in [-0.3, -0.25) is 0 Å². The van der Waals surface area contributed by atoms with Gasteiger partial charge in [-0.25, -0.2) is 0 Å². The maximum atomic E-state index is 9.34. The third-order valence-corrected chi connectivity index (χ3v) is 2.61. The number of rotatable bonds is 6. The predicted molar refractivity (Wildman–Crippen MR) is 67.6 cm³/mol. The first kappa shape index (κ1) is 13.2. The highest BCUT2D eigenvalue weighted by Gasteiger charge is 2.08. The van der Waals surface area contributed by atoms with Gasteiger partial charge in [-0.05, 0) is 26.6 Å². The van der Waals surface area contributed by atoms with E-state index in [2.05, 4.69) is 41.4 Å². The summed E-state index contributed by atoms with van der Waals surface area (Å²) in [7, 11) is 4.09. The number of aryl methyl sites for hydroxylation is 1. The molecule has 1 rings (SSSR count). The van der Waals surface area contributed by atoms with E-state index in [0.717, 1.165) is 18.7 Å². The molecule has 0 aliphatic heterocycles. The van der Waals surface area contributed by atoms with Gasteiger partial charge in [0, 0.05) is 13.1 Å². The van der Waals surface area contributed by atoms with Gasteiger partial charge in [0.2, 0.25) is 0 Å². The third kappa shape index (κ3) is 4.31. The fourth-order valence-corrected chi connectivity index (χ4v) is 1.55. The second-order valence-corrected chi connectivity index (χ2v) is 4.40. The molecule has 0 radical (unpaired) electrons. The van der Waals surface area contributed by atoms with E-state index in [-0.39, 0.29) is 12.6 Å². The fraction of sp³-hybridized carbons (Fsp3) is 0.538. The average Bonchev–Trinajstić information content (AvgIpc) is 2.26. The molecule has 0 aliphatic rings. The van der Waals surface area contributed by atoms with Crippen molar-refractivity contribution >= 4 is 0 Å². The molecule has 0 aliphatic carbocycles. The molecule has 0 amide bonds. The minimum atomic E-state index is 0.0422. The molecule has 3 nitrogen and oxygen atoms in total. The minimum absolute atomic E-state index is 0.0422. The summed E-state index contributed by atoms with van der Waals surface area (Å²) in [6.07, 6.45) is 0. The summed E-state index contributed by atoms with van der Waals surface area (Å²) in [5.41, 5.74) is 2.39. The summed E-state index contributed by atoms with van der Waals surface area (Å²) in [5.74, 6) is 0. The smallest absolute Gasteiger partial charge is 0.0626 e. The third-order valence-electron chi connectivity index (χ3n) is 2.61. The van der Waals surface area contributed by atoms with Crippen molar-refractivity contribution in [2.45, 2.75) is 13.0 Å². The van der Waals surface area contributed by atoms with Crippen molar-refractivity contribution in [3.8, 4) is 0 Å². The van der Waals surface area contributed by atoms with Crippen molar-refractivity contribution in [1.29, 1.82) is 0 Å². The van der Waals surface area contributed by atoms with Gasteiger partial charge in [0.1, 0.15) is 0 Å². The molecule has 0 fully saturated rings. The topological polar surface area (TPSA) is 35.5 Å². The van der Waals surface area contributed by atoms with Gasteiger partial charge in [0.05, 0.1) is 12.6 Å². The summed E-state index contributed by atoms with van der Waals surface area (Å²) < 4.78 is 0. The number of likely N-dealkylation sites (N-methyl/N-ethyl adjacent to an activating group) is 1. The molecule has 0 aromatic heterocycles. The number of nitrogens with one attached hydrogen (secondary N) is 1. The van der Waals surface area contributed by atoms with Gasteiger partial charge in [-0.1, -0.05) is 29.8 Å². The monoisotopic (exact) mass is 222 g/mol. The molecular formula is C13H22N2O. The highest BCUT2D eigenvalue weighted by molar-refractivity contribution is 5.24. The van der Waals surface area contributed by atoms with Crippen LogP contribution in [-0.4, -0.2) is 43.8 Å². The fourth-order valence-electron chi connectivity index (χ4n) is 1.55. The van der Waals surface area contributed by atoms with E-state index in [1.165, 1.54) is 5.56 Å². The molecule has 90 valence electrons. The molecule has 2 N–H and O–H groups in total. The van der Waals surface area contributed by atoms with Gasteiger partial charge < -0.3 is 15.3 Å². The first-order chi connectivity index (χ1) is 7.63. The molecule has 1 aromatic rings. The minimum Gasteiger partial charge on any atom is -0.394 e. The Morgan fingerprint density at radius 2 is 1.88 bits per heavy atom. The Hall–Kier alpha value is -0.900. The molecular weight excluding hydrogens is 200 g/mol. The van der Waals surface area contributed by atoms with Crippen LogP contribution in [0.25, 0.3) is 0 Å². The van der Waals surface area contributed by atoms with Crippen molar-refractivity contribution in [3.63, 3.8) is 0 Å². The second kappa shape index (κ2) is 6.63. The lowest BCUT2D eigenvalue weighted by Gasteiger charge is -2.18. The summed E-state index contributed by atoms with van der Waals surface area (Å²) in [6.45, 7) is 4.06. The molecule has 0 spiro atoms. The maximum absolute atomic E-state index is 9.34. The molecule has 0 heterocycles. The van der Waals surface area contributed by atoms with Crippen LogP contribution < -0.4 is 5.32 Å². The SMILES string of the molecule is Cc1ccc(C(CO)NCCN(C)C)cc1. The van der Waals surface area contributed by atoms with Crippen LogP contribution in [0.4, 0.5) is 0 Å². The zero-order valence-electron chi connectivity index (χ0n) is 10.4. The molecule has 1 aromatic carbocycles. The summed E-state index contributed by atoms with van der Waals surface area (Å²) in [5, 5.41) is 12.7. The van der Waals surface area contributed by atoms with Crippen LogP contribution >= 0.6 is 0 Å². The number of nitrogens with zero attached hydrogens (tertiary/aromatic N) is 1. The predicted octanol–water partition coefficient (Wildman–Crippen LogP) is 1.18. The van der Waals surface area contributed by atoms with E-state index in [9.17, 15) is 5.11 Å². The number of aliphatic hydroxyl groups excluding tert-OH is 1. The summed E-state index contributed by atoms with van der Waals surface area (Å²) in [4.78, 5) is 2.12. The second-order valence-electron chi connectivity index (χ2n) is 4.40. The Morgan fingerprint density at radius 1 is 1.25 bits per heavy atom. The van der Waals surface area contributed by atoms with Crippen molar-refractivity contribution in [2.75, 3.05) is 33.8 Å². The van der Waals surface area contributed by atoms with Crippen molar-refractivity contribution in [2.24, 2.45) is 0 Å². The normalized spacial score (nSPS) is 13.1. The maximum Gasteiger partial charge on any atom is 0.0626 e. The largest absolute Gasteiger partial charge is 0.394 e. The highest BCUT2D eigenvalue weighted by atomic mass is 16.3. The van der Waals surface area contributed by atoms with E-state index in [4.69, 9.17) is 0 Å². The van der Waals surface area contributed by atoms with Gasteiger partial charge in [0.15, 0.2) is 0 Å². The van der Waals surface area contributed by atoms with Crippen LogP contribution in [0, 0.1) is 6.92 Å². The summed E-state index contributed by atoms with van der Waals surface area (Å²) in [6, 6.07) is 8.33. The van der Waals surface area contributed by atoms with Crippen molar-refractivity contribution < 1.29 is 5.11 Å². The van der Waals surface area contributed by atoms with E-state index >= 15 is 0 Å². The van der Waals surface area contributed by atoms with E-state index < -0.39 is 0 Å². The van der Waals surface area contributed by atoms with E-state index in [1.54, 1.807) is 0 Å². The number of hydrogen-bond donors (Lipinski definition) is 2. The Balaban J connectivity index is 2.50. The average molecular weight is 222 g/mol. The van der Waals surface area contributed by atoms with Gasteiger partial charge in [-0.15, -0.1) is 0 Å². The van der Waals surface area contributed by atoms with Gasteiger partial charge in [0.25, 0.3) is 0 Å². The Labute approximate surface area is 98.1 Å².